The Bertz CT molecular complexity index is 3860. The van der Waals surface area contributed by atoms with Crippen LogP contribution in [-0.2, 0) is 0 Å². The molecule has 0 spiro atoms. The van der Waals surface area contributed by atoms with Crippen molar-refractivity contribution in [3.63, 3.8) is 0 Å². The van der Waals surface area contributed by atoms with Crippen molar-refractivity contribution in [1.29, 1.82) is 0 Å². The van der Waals surface area contributed by atoms with Gasteiger partial charge in [-0.1, -0.05) is 158 Å². The summed E-state index contributed by atoms with van der Waals surface area (Å²) in [6, 6.07) is 76.1. The van der Waals surface area contributed by atoms with E-state index in [4.69, 9.17) is 8.83 Å². The van der Waals surface area contributed by atoms with Crippen LogP contribution in [0.4, 0.5) is 17.1 Å². The van der Waals surface area contributed by atoms with Crippen LogP contribution < -0.4 is 4.90 Å². The Kier molecular flexibility index (Phi) is 7.78. The summed E-state index contributed by atoms with van der Waals surface area (Å²) in [5.74, 6) is 0. The highest BCUT2D eigenvalue weighted by Gasteiger charge is 2.23. The van der Waals surface area contributed by atoms with Gasteiger partial charge in [-0.3, -0.25) is 0 Å². The Morgan fingerprint density at radius 3 is 1.79 bits per heavy atom. The van der Waals surface area contributed by atoms with Gasteiger partial charge in [0.15, 0.2) is 0 Å². The number of hydrogen-bond acceptors (Lipinski definition) is 4. The number of thiophene rings is 1. The monoisotopic (exact) mass is 809 g/mol. The van der Waals surface area contributed by atoms with E-state index in [1.54, 1.807) is 0 Å². The molecule has 0 aliphatic carbocycles. The fourth-order valence-corrected chi connectivity index (χ4v) is 10.8. The quantitative estimate of drug-likeness (QED) is 0.168. The summed E-state index contributed by atoms with van der Waals surface area (Å²) >= 11 is 1.86. The van der Waals surface area contributed by atoms with Crippen molar-refractivity contribution in [2.75, 3.05) is 4.90 Å². The lowest BCUT2D eigenvalue weighted by Crippen LogP contribution is -2.10. The number of nitrogens with zero attached hydrogens (tertiary/aromatic N) is 1. The SMILES string of the molecule is c1ccc(-c2ccc(N(c3ccc(-c4cccc5c4sc4ccccc45)cc3)c3cc(-c4cccc5c4oc4ccccc45)c4c(c3)oc3c5ccccc5ccc34)cc2)cc1. The zero-order chi connectivity index (χ0) is 40.7. The van der Waals surface area contributed by atoms with Gasteiger partial charge in [-0.15, -0.1) is 11.3 Å². The van der Waals surface area contributed by atoms with Gasteiger partial charge in [0.25, 0.3) is 0 Å². The molecule has 62 heavy (non-hydrogen) atoms. The largest absolute Gasteiger partial charge is 0.455 e. The first-order valence-corrected chi connectivity index (χ1v) is 21.8. The van der Waals surface area contributed by atoms with E-state index in [2.05, 4.69) is 211 Å². The van der Waals surface area contributed by atoms with Crippen molar-refractivity contribution in [1.82, 2.24) is 0 Å². The lowest BCUT2D eigenvalue weighted by molar-refractivity contribution is 0.670. The van der Waals surface area contributed by atoms with Gasteiger partial charge < -0.3 is 13.7 Å². The number of hydrogen-bond donors (Lipinski definition) is 0. The fourth-order valence-electron chi connectivity index (χ4n) is 9.57. The summed E-state index contributed by atoms with van der Waals surface area (Å²) in [4.78, 5) is 2.35. The molecule has 10 aromatic carbocycles. The second-order valence-electron chi connectivity index (χ2n) is 16.0. The summed E-state index contributed by atoms with van der Waals surface area (Å²) in [5.41, 5.74) is 13.3. The lowest BCUT2D eigenvalue weighted by atomic mass is 9.95. The summed E-state index contributed by atoms with van der Waals surface area (Å²) in [5, 5.41) is 9.17. The molecule has 0 fully saturated rings. The Morgan fingerprint density at radius 2 is 0.968 bits per heavy atom. The van der Waals surface area contributed by atoms with E-state index >= 15 is 0 Å². The van der Waals surface area contributed by atoms with Crippen LogP contribution >= 0.6 is 11.3 Å². The second-order valence-corrected chi connectivity index (χ2v) is 17.0. The van der Waals surface area contributed by atoms with Crippen LogP contribution in [0.15, 0.2) is 221 Å². The van der Waals surface area contributed by atoms with E-state index in [-0.39, 0.29) is 0 Å². The number of furan rings is 2. The van der Waals surface area contributed by atoms with E-state index in [0.29, 0.717) is 0 Å². The van der Waals surface area contributed by atoms with Crippen molar-refractivity contribution < 1.29 is 8.83 Å². The lowest BCUT2D eigenvalue weighted by Gasteiger charge is -2.27. The molecule has 0 unspecified atom stereocenters. The Labute approximate surface area is 360 Å². The van der Waals surface area contributed by atoms with Crippen LogP contribution in [0.5, 0.6) is 0 Å². The molecule has 290 valence electrons. The van der Waals surface area contributed by atoms with Crippen LogP contribution in [0.25, 0.3) is 108 Å². The highest BCUT2D eigenvalue weighted by atomic mass is 32.1. The molecule has 0 saturated heterocycles. The standard InChI is InChI=1S/C58H35NO2S/c1-2-12-36(13-3-1)37-24-29-40(30-25-37)59(41-31-26-39(27-32-41)44-18-10-21-49-46-17-7-9-23-54(46)62-58(44)49)42-34-51(48-20-11-19-47-45-16-6-8-22-52(45)60-57(47)48)55-50-33-28-38-14-4-5-15-43(38)56(50)61-53(55)35-42/h1-35H. The third-order valence-corrected chi connectivity index (χ3v) is 13.7. The molecule has 3 nitrogen and oxygen atoms in total. The topological polar surface area (TPSA) is 29.5 Å². The third kappa shape index (κ3) is 5.44. The number of para-hydroxylation sites is 2. The van der Waals surface area contributed by atoms with Gasteiger partial charge in [0.1, 0.15) is 22.3 Å². The average molecular weight is 810 g/mol. The maximum Gasteiger partial charge on any atom is 0.143 e. The zero-order valence-electron chi connectivity index (χ0n) is 33.4. The summed E-state index contributed by atoms with van der Waals surface area (Å²) in [6.45, 7) is 0. The normalized spacial score (nSPS) is 11.9. The number of anilines is 3. The Balaban J connectivity index is 1.05. The molecule has 0 amide bonds. The number of benzene rings is 10. The van der Waals surface area contributed by atoms with E-state index in [1.807, 2.05) is 17.4 Å². The minimum Gasteiger partial charge on any atom is -0.455 e. The first kappa shape index (κ1) is 34.9. The predicted molar refractivity (Wildman–Crippen MR) is 262 cm³/mol. The van der Waals surface area contributed by atoms with Crippen molar-refractivity contribution >= 4 is 103 Å². The molecule has 0 saturated carbocycles. The average Bonchev–Trinajstić information content (AvgIpc) is 4.04. The molecule has 3 aromatic heterocycles. The van der Waals surface area contributed by atoms with Gasteiger partial charge in [0.2, 0.25) is 0 Å². The van der Waals surface area contributed by atoms with Crippen molar-refractivity contribution in [3.05, 3.63) is 212 Å². The molecule has 0 N–H and O–H groups in total. The molecule has 0 aliphatic heterocycles. The molecule has 4 heteroatoms. The van der Waals surface area contributed by atoms with Crippen LogP contribution in [0.1, 0.15) is 0 Å². The van der Waals surface area contributed by atoms with E-state index in [0.717, 1.165) is 88.4 Å². The van der Waals surface area contributed by atoms with Crippen molar-refractivity contribution in [2.45, 2.75) is 0 Å². The number of rotatable bonds is 6. The first-order valence-electron chi connectivity index (χ1n) is 21.0. The van der Waals surface area contributed by atoms with Crippen LogP contribution in [0.3, 0.4) is 0 Å². The summed E-state index contributed by atoms with van der Waals surface area (Å²) < 4.78 is 16.4. The molecular formula is C58H35NO2S. The summed E-state index contributed by atoms with van der Waals surface area (Å²) in [6.07, 6.45) is 0. The minimum absolute atomic E-state index is 0.816. The van der Waals surface area contributed by atoms with Crippen LogP contribution in [0, 0.1) is 0 Å². The van der Waals surface area contributed by atoms with E-state index in [1.165, 1.54) is 36.9 Å². The first-order chi connectivity index (χ1) is 30.7. The zero-order valence-corrected chi connectivity index (χ0v) is 34.2. The molecule has 0 radical (unpaired) electrons. The highest BCUT2D eigenvalue weighted by Crippen LogP contribution is 2.48. The van der Waals surface area contributed by atoms with Gasteiger partial charge >= 0.3 is 0 Å². The third-order valence-electron chi connectivity index (χ3n) is 12.5. The number of fused-ring (bicyclic) bond motifs is 11. The molecule has 0 atom stereocenters. The maximum absolute atomic E-state index is 7.03. The molecule has 0 aliphatic rings. The van der Waals surface area contributed by atoms with Crippen LogP contribution in [0.2, 0.25) is 0 Å². The van der Waals surface area contributed by atoms with Crippen molar-refractivity contribution in [3.8, 4) is 33.4 Å². The molecular weight excluding hydrogens is 775 g/mol. The van der Waals surface area contributed by atoms with E-state index in [9.17, 15) is 0 Å². The molecule has 0 bridgehead atoms. The molecule has 13 rings (SSSR count). The summed E-state index contributed by atoms with van der Waals surface area (Å²) in [7, 11) is 0. The smallest absolute Gasteiger partial charge is 0.143 e. The van der Waals surface area contributed by atoms with Crippen LogP contribution in [-0.4, -0.2) is 0 Å². The van der Waals surface area contributed by atoms with Gasteiger partial charge in [-0.25, -0.2) is 0 Å². The Hall–Kier alpha value is -7.92. The minimum atomic E-state index is 0.816. The van der Waals surface area contributed by atoms with E-state index < -0.39 is 0 Å². The van der Waals surface area contributed by atoms with Gasteiger partial charge in [-0.2, -0.15) is 0 Å². The fraction of sp³-hybridized carbons (Fsp3) is 0. The van der Waals surface area contributed by atoms with Gasteiger partial charge in [0.05, 0.1) is 5.69 Å². The van der Waals surface area contributed by atoms with Crippen molar-refractivity contribution in [2.24, 2.45) is 0 Å². The molecule has 13 aromatic rings. The second kappa shape index (κ2) is 13.8. The maximum atomic E-state index is 7.03. The predicted octanol–water partition coefficient (Wildman–Crippen LogP) is 17.5. The Morgan fingerprint density at radius 1 is 0.339 bits per heavy atom. The molecule has 3 heterocycles. The highest BCUT2D eigenvalue weighted by molar-refractivity contribution is 7.26. The van der Waals surface area contributed by atoms with Gasteiger partial charge in [0, 0.05) is 70.1 Å². The van der Waals surface area contributed by atoms with Gasteiger partial charge in [-0.05, 0) is 81.7 Å².